The minimum atomic E-state index is -0.517. The molecule has 2 aromatic carbocycles. The van der Waals surface area contributed by atoms with E-state index in [4.69, 9.17) is 10.5 Å². The van der Waals surface area contributed by atoms with Crippen LogP contribution in [0.5, 0.6) is 5.75 Å². The summed E-state index contributed by atoms with van der Waals surface area (Å²) in [5.41, 5.74) is 6.97. The van der Waals surface area contributed by atoms with Gasteiger partial charge in [-0.2, -0.15) is 0 Å². The van der Waals surface area contributed by atoms with Crippen LogP contribution in [0, 0.1) is 6.92 Å². The van der Waals surface area contributed by atoms with Crippen LogP contribution in [0.1, 0.15) is 26.3 Å². The van der Waals surface area contributed by atoms with Crippen molar-refractivity contribution in [3.05, 3.63) is 65.2 Å². The minimum absolute atomic E-state index is 0.371. The van der Waals surface area contributed by atoms with Crippen LogP contribution in [0.4, 0.5) is 0 Å². The van der Waals surface area contributed by atoms with Crippen molar-refractivity contribution in [3.63, 3.8) is 0 Å². The summed E-state index contributed by atoms with van der Waals surface area (Å²) in [6, 6.07) is 13.2. The normalized spacial score (nSPS) is 9.95. The van der Waals surface area contributed by atoms with Gasteiger partial charge in [0.15, 0.2) is 0 Å². The minimum Gasteiger partial charge on any atom is -0.423 e. The molecule has 0 atom stereocenters. The molecule has 4 nitrogen and oxygen atoms in total. The lowest BCUT2D eigenvalue weighted by Gasteiger charge is -2.05. The molecule has 96 valence electrons. The first kappa shape index (κ1) is 12.8. The van der Waals surface area contributed by atoms with E-state index in [1.54, 1.807) is 18.2 Å². The van der Waals surface area contributed by atoms with Crippen LogP contribution >= 0.6 is 0 Å². The lowest BCUT2D eigenvalue weighted by atomic mass is 10.1. The first-order valence-electron chi connectivity index (χ1n) is 5.75. The second kappa shape index (κ2) is 5.35. The molecule has 1 amide bonds. The summed E-state index contributed by atoms with van der Waals surface area (Å²) >= 11 is 0. The van der Waals surface area contributed by atoms with Crippen LogP contribution in [-0.2, 0) is 0 Å². The number of benzene rings is 2. The Kier molecular flexibility index (Phi) is 3.61. The molecule has 0 heterocycles. The molecule has 2 aromatic rings. The van der Waals surface area contributed by atoms with Crippen LogP contribution < -0.4 is 10.5 Å². The van der Waals surface area contributed by atoms with Crippen LogP contribution in [0.15, 0.2) is 48.5 Å². The number of hydrogen-bond acceptors (Lipinski definition) is 3. The van der Waals surface area contributed by atoms with Crippen LogP contribution in [-0.4, -0.2) is 11.9 Å². The number of hydrogen-bond donors (Lipinski definition) is 1. The van der Waals surface area contributed by atoms with Gasteiger partial charge in [-0.25, -0.2) is 4.79 Å². The predicted molar refractivity (Wildman–Crippen MR) is 71.1 cm³/mol. The van der Waals surface area contributed by atoms with Gasteiger partial charge in [-0.05, 0) is 43.3 Å². The van der Waals surface area contributed by atoms with Crippen LogP contribution in [0.25, 0.3) is 0 Å². The van der Waals surface area contributed by atoms with E-state index in [-0.39, 0.29) is 0 Å². The maximum Gasteiger partial charge on any atom is 0.343 e. The van der Waals surface area contributed by atoms with Crippen LogP contribution in [0.2, 0.25) is 0 Å². The number of amides is 1. The Balaban J connectivity index is 2.13. The molecule has 0 radical (unpaired) electrons. The number of ether oxygens (including phenoxy) is 1. The zero-order chi connectivity index (χ0) is 13.8. The van der Waals surface area contributed by atoms with Crippen molar-refractivity contribution in [1.82, 2.24) is 0 Å². The summed E-state index contributed by atoms with van der Waals surface area (Å²) in [4.78, 5) is 22.8. The number of rotatable bonds is 3. The number of primary amides is 1. The molecule has 0 saturated heterocycles. The zero-order valence-corrected chi connectivity index (χ0v) is 10.4. The van der Waals surface area contributed by atoms with Crippen LogP contribution in [0.3, 0.4) is 0 Å². The van der Waals surface area contributed by atoms with Gasteiger partial charge in [0, 0.05) is 5.56 Å². The summed E-state index contributed by atoms with van der Waals surface area (Å²) < 4.78 is 5.20. The van der Waals surface area contributed by atoms with Gasteiger partial charge in [0.05, 0.1) is 5.56 Å². The molecule has 2 N–H and O–H groups in total. The van der Waals surface area contributed by atoms with Gasteiger partial charge in [-0.3, -0.25) is 4.79 Å². The van der Waals surface area contributed by atoms with E-state index in [0.29, 0.717) is 16.9 Å². The Labute approximate surface area is 110 Å². The number of carbonyl (C=O) groups is 2. The molecule has 0 bridgehead atoms. The molecule has 0 fully saturated rings. The molecule has 4 heteroatoms. The second-order valence-corrected chi connectivity index (χ2v) is 4.15. The van der Waals surface area contributed by atoms with Gasteiger partial charge in [0.25, 0.3) is 0 Å². The van der Waals surface area contributed by atoms with E-state index < -0.39 is 11.9 Å². The highest BCUT2D eigenvalue weighted by molar-refractivity contribution is 5.93. The fraction of sp³-hybridized carbons (Fsp3) is 0.0667. The molecule has 0 spiro atoms. The lowest BCUT2D eigenvalue weighted by molar-refractivity contribution is 0.0734. The quantitative estimate of drug-likeness (QED) is 0.676. The highest BCUT2D eigenvalue weighted by Gasteiger charge is 2.09. The average Bonchev–Trinajstić information content (AvgIpc) is 2.39. The van der Waals surface area contributed by atoms with Gasteiger partial charge in [-0.15, -0.1) is 0 Å². The molecule has 0 unspecified atom stereocenters. The third kappa shape index (κ3) is 3.19. The van der Waals surface area contributed by atoms with E-state index in [9.17, 15) is 9.59 Å². The largest absolute Gasteiger partial charge is 0.423 e. The highest BCUT2D eigenvalue weighted by Crippen LogP contribution is 2.14. The van der Waals surface area contributed by atoms with Gasteiger partial charge < -0.3 is 10.5 Å². The van der Waals surface area contributed by atoms with Gasteiger partial charge in [0.1, 0.15) is 5.75 Å². The second-order valence-electron chi connectivity index (χ2n) is 4.15. The molecule has 0 aromatic heterocycles. The summed E-state index contributed by atoms with van der Waals surface area (Å²) in [7, 11) is 0. The number of aryl methyl sites for hydroxylation is 1. The van der Waals surface area contributed by atoms with E-state index in [2.05, 4.69) is 0 Å². The number of esters is 1. The fourth-order valence-corrected chi connectivity index (χ4v) is 1.63. The SMILES string of the molecule is Cc1cccc(C(=O)Oc2ccc(C(N)=O)cc2)c1. The van der Waals surface area contributed by atoms with Crippen molar-refractivity contribution in [2.75, 3.05) is 0 Å². The average molecular weight is 255 g/mol. The maximum atomic E-state index is 11.9. The predicted octanol–water partition coefficient (Wildman–Crippen LogP) is 2.31. The third-order valence-electron chi connectivity index (χ3n) is 2.60. The standard InChI is InChI=1S/C15H13NO3/c1-10-3-2-4-12(9-10)15(18)19-13-7-5-11(6-8-13)14(16)17/h2-9H,1H3,(H2,16,17). The Hall–Kier alpha value is -2.62. The van der Waals surface area contributed by atoms with Crippen molar-refractivity contribution >= 4 is 11.9 Å². The highest BCUT2D eigenvalue weighted by atomic mass is 16.5. The summed E-state index contributed by atoms with van der Waals surface area (Å²) in [5.74, 6) is -0.580. The van der Waals surface area contributed by atoms with E-state index in [0.717, 1.165) is 5.56 Å². The molecular formula is C15H13NO3. The van der Waals surface area contributed by atoms with E-state index in [1.807, 2.05) is 13.0 Å². The molecule has 19 heavy (non-hydrogen) atoms. The molecule has 0 aliphatic carbocycles. The fourth-order valence-electron chi connectivity index (χ4n) is 1.63. The third-order valence-corrected chi connectivity index (χ3v) is 2.60. The summed E-state index contributed by atoms with van der Waals surface area (Å²) in [6.07, 6.45) is 0. The number of nitrogens with two attached hydrogens (primary N) is 1. The van der Waals surface area contributed by atoms with Crippen molar-refractivity contribution in [3.8, 4) is 5.75 Å². The first-order chi connectivity index (χ1) is 9.06. The van der Waals surface area contributed by atoms with Crippen molar-refractivity contribution in [2.45, 2.75) is 6.92 Å². The van der Waals surface area contributed by atoms with E-state index >= 15 is 0 Å². The zero-order valence-electron chi connectivity index (χ0n) is 10.4. The molecular weight excluding hydrogens is 242 g/mol. The topological polar surface area (TPSA) is 69.4 Å². The van der Waals surface area contributed by atoms with Gasteiger partial charge >= 0.3 is 5.97 Å². The van der Waals surface area contributed by atoms with Crippen molar-refractivity contribution < 1.29 is 14.3 Å². The Bertz CT molecular complexity index is 618. The van der Waals surface area contributed by atoms with Gasteiger partial charge in [0.2, 0.25) is 5.91 Å². The van der Waals surface area contributed by atoms with Gasteiger partial charge in [-0.1, -0.05) is 17.7 Å². The van der Waals surface area contributed by atoms with E-state index in [1.165, 1.54) is 24.3 Å². The molecule has 0 aliphatic heterocycles. The smallest absolute Gasteiger partial charge is 0.343 e. The van der Waals surface area contributed by atoms with Crippen molar-refractivity contribution in [2.24, 2.45) is 5.73 Å². The Morgan fingerprint density at radius 2 is 1.68 bits per heavy atom. The molecule has 0 aliphatic rings. The molecule has 2 rings (SSSR count). The lowest BCUT2D eigenvalue weighted by Crippen LogP contribution is -2.11. The van der Waals surface area contributed by atoms with Crippen molar-refractivity contribution in [1.29, 1.82) is 0 Å². The molecule has 0 saturated carbocycles. The Morgan fingerprint density at radius 3 is 2.26 bits per heavy atom. The monoisotopic (exact) mass is 255 g/mol. The Morgan fingerprint density at radius 1 is 1.00 bits per heavy atom. The first-order valence-corrected chi connectivity index (χ1v) is 5.75. The maximum absolute atomic E-state index is 11.9. The number of carbonyl (C=O) groups excluding carboxylic acids is 2. The summed E-state index contributed by atoms with van der Waals surface area (Å²) in [5, 5.41) is 0. The summed E-state index contributed by atoms with van der Waals surface area (Å²) in [6.45, 7) is 1.90.